The minimum absolute atomic E-state index is 0.260. The molecule has 0 bridgehead atoms. The number of hydrogen-bond donors (Lipinski definition) is 2. The van der Waals surface area contributed by atoms with E-state index in [1.807, 2.05) is 6.07 Å². The van der Waals surface area contributed by atoms with Crippen molar-refractivity contribution in [2.75, 3.05) is 13.1 Å². The molecular formula is C17H22N2O2. The third-order valence-corrected chi connectivity index (χ3v) is 4.36. The number of fused-ring (bicyclic) bond motifs is 1. The Balaban J connectivity index is 1.75. The smallest absolute Gasteiger partial charge is 0.303 e. The van der Waals surface area contributed by atoms with Crippen LogP contribution < -0.4 is 0 Å². The van der Waals surface area contributed by atoms with Crippen molar-refractivity contribution in [2.45, 2.75) is 38.1 Å². The number of benzene rings is 1. The summed E-state index contributed by atoms with van der Waals surface area (Å²) in [4.78, 5) is 16.7. The van der Waals surface area contributed by atoms with Crippen LogP contribution in [0.3, 0.4) is 0 Å². The Morgan fingerprint density at radius 2 is 2.19 bits per heavy atom. The van der Waals surface area contributed by atoms with Crippen LogP contribution in [0, 0.1) is 0 Å². The Labute approximate surface area is 124 Å². The van der Waals surface area contributed by atoms with E-state index in [2.05, 4.69) is 34.1 Å². The molecule has 1 aromatic carbocycles. The first-order valence-corrected chi connectivity index (χ1v) is 7.77. The van der Waals surface area contributed by atoms with Crippen molar-refractivity contribution in [1.82, 2.24) is 9.88 Å². The van der Waals surface area contributed by atoms with Crippen LogP contribution in [0.2, 0.25) is 0 Å². The number of likely N-dealkylation sites (tertiary alicyclic amines) is 1. The number of aromatic nitrogens is 1. The summed E-state index contributed by atoms with van der Waals surface area (Å²) in [5.74, 6) is -0.700. The van der Waals surface area contributed by atoms with E-state index in [1.54, 1.807) is 0 Å². The van der Waals surface area contributed by atoms with E-state index in [4.69, 9.17) is 5.11 Å². The number of nitrogens with zero attached hydrogens (tertiary/aromatic N) is 1. The number of aliphatic carboxylic acids is 1. The molecule has 1 fully saturated rings. The van der Waals surface area contributed by atoms with Crippen LogP contribution in [-0.4, -0.2) is 34.0 Å². The van der Waals surface area contributed by atoms with Crippen molar-refractivity contribution in [1.29, 1.82) is 0 Å². The van der Waals surface area contributed by atoms with Crippen LogP contribution in [0.15, 0.2) is 30.3 Å². The van der Waals surface area contributed by atoms with Gasteiger partial charge in [-0.1, -0.05) is 24.6 Å². The van der Waals surface area contributed by atoms with E-state index in [9.17, 15) is 4.79 Å². The zero-order valence-corrected chi connectivity index (χ0v) is 12.2. The molecule has 0 radical (unpaired) electrons. The van der Waals surface area contributed by atoms with Crippen LogP contribution in [0.5, 0.6) is 0 Å². The molecule has 21 heavy (non-hydrogen) atoms. The van der Waals surface area contributed by atoms with Crippen LogP contribution in [0.25, 0.3) is 10.9 Å². The van der Waals surface area contributed by atoms with Crippen molar-refractivity contribution < 1.29 is 9.90 Å². The van der Waals surface area contributed by atoms with Crippen LogP contribution in [-0.2, 0) is 4.79 Å². The molecule has 1 aliphatic heterocycles. The first-order chi connectivity index (χ1) is 10.2. The van der Waals surface area contributed by atoms with E-state index in [1.165, 1.54) is 29.4 Å². The number of rotatable bonds is 5. The van der Waals surface area contributed by atoms with E-state index in [0.717, 1.165) is 25.9 Å². The van der Waals surface area contributed by atoms with Gasteiger partial charge in [-0.05, 0) is 49.9 Å². The highest BCUT2D eigenvalue weighted by molar-refractivity contribution is 5.80. The molecule has 1 aliphatic rings. The fourth-order valence-corrected chi connectivity index (χ4v) is 3.32. The second-order valence-corrected chi connectivity index (χ2v) is 5.86. The topological polar surface area (TPSA) is 56.3 Å². The third kappa shape index (κ3) is 3.27. The molecule has 1 atom stereocenters. The molecule has 4 nitrogen and oxygen atoms in total. The van der Waals surface area contributed by atoms with E-state index in [0.29, 0.717) is 6.04 Å². The molecule has 2 aromatic rings. The van der Waals surface area contributed by atoms with Crippen molar-refractivity contribution in [3.63, 3.8) is 0 Å². The molecule has 0 spiro atoms. The molecule has 4 heteroatoms. The molecular weight excluding hydrogens is 264 g/mol. The van der Waals surface area contributed by atoms with Gasteiger partial charge in [0.2, 0.25) is 0 Å². The number of H-pyrrole nitrogens is 1. The Kier molecular flexibility index (Phi) is 4.25. The molecule has 112 valence electrons. The zero-order chi connectivity index (χ0) is 14.7. The zero-order valence-electron chi connectivity index (χ0n) is 12.2. The molecule has 0 amide bonds. The monoisotopic (exact) mass is 286 g/mol. The van der Waals surface area contributed by atoms with E-state index in [-0.39, 0.29) is 6.42 Å². The number of carboxylic acid groups (broad SMARTS) is 1. The predicted octanol–water partition coefficient (Wildman–Crippen LogP) is 3.56. The average molecular weight is 286 g/mol. The minimum atomic E-state index is -0.700. The summed E-state index contributed by atoms with van der Waals surface area (Å²) in [6.45, 7) is 1.94. The summed E-state index contributed by atoms with van der Waals surface area (Å²) in [6, 6.07) is 11.0. The number of para-hydroxylation sites is 1. The van der Waals surface area contributed by atoms with Gasteiger partial charge in [0.15, 0.2) is 0 Å². The maximum absolute atomic E-state index is 10.7. The van der Waals surface area contributed by atoms with Gasteiger partial charge >= 0.3 is 5.97 Å². The summed E-state index contributed by atoms with van der Waals surface area (Å²) >= 11 is 0. The highest BCUT2D eigenvalue weighted by Gasteiger charge is 2.24. The molecule has 2 N–H and O–H groups in total. The van der Waals surface area contributed by atoms with Crippen LogP contribution in [0.4, 0.5) is 0 Å². The molecule has 0 aliphatic carbocycles. The highest BCUT2D eigenvalue weighted by Crippen LogP contribution is 2.32. The highest BCUT2D eigenvalue weighted by atomic mass is 16.4. The lowest BCUT2D eigenvalue weighted by Gasteiger charge is -2.35. The van der Waals surface area contributed by atoms with Crippen LogP contribution >= 0.6 is 0 Å². The first kappa shape index (κ1) is 14.1. The number of piperidine rings is 1. The van der Waals surface area contributed by atoms with Crippen molar-refractivity contribution >= 4 is 16.9 Å². The number of carbonyl (C=O) groups is 1. The SMILES string of the molecule is O=C(O)CCCN1CCCC[C@H]1c1cc2ccccc2[nH]1. The lowest BCUT2D eigenvalue weighted by atomic mass is 9.99. The van der Waals surface area contributed by atoms with Gasteiger partial charge in [-0.25, -0.2) is 0 Å². The van der Waals surface area contributed by atoms with Gasteiger partial charge in [0, 0.05) is 23.7 Å². The average Bonchev–Trinajstić information content (AvgIpc) is 2.91. The van der Waals surface area contributed by atoms with Crippen molar-refractivity contribution in [2.24, 2.45) is 0 Å². The largest absolute Gasteiger partial charge is 0.481 e. The molecule has 2 heterocycles. The van der Waals surface area contributed by atoms with Gasteiger partial charge in [0.25, 0.3) is 0 Å². The summed E-state index contributed by atoms with van der Waals surface area (Å²) in [5, 5.41) is 10.0. The summed E-state index contributed by atoms with van der Waals surface area (Å²) in [7, 11) is 0. The second-order valence-electron chi connectivity index (χ2n) is 5.86. The lowest BCUT2D eigenvalue weighted by molar-refractivity contribution is -0.137. The normalized spacial score (nSPS) is 19.9. The molecule has 3 rings (SSSR count). The Morgan fingerprint density at radius 1 is 1.33 bits per heavy atom. The van der Waals surface area contributed by atoms with Gasteiger partial charge in [-0.3, -0.25) is 9.69 Å². The van der Waals surface area contributed by atoms with E-state index >= 15 is 0 Å². The predicted molar refractivity (Wildman–Crippen MR) is 83.3 cm³/mol. The summed E-state index contributed by atoms with van der Waals surface area (Å²) in [6.07, 6.45) is 4.60. The number of aromatic amines is 1. The Hall–Kier alpha value is -1.81. The maximum atomic E-state index is 10.7. The number of carboxylic acids is 1. The quantitative estimate of drug-likeness (QED) is 0.883. The fraction of sp³-hybridized carbons (Fsp3) is 0.471. The van der Waals surface area contributed by atoms with Crippen LogP contribution in [0.1, 0.15) is 43.8 Å². The van der Waals surface area contributed by atoms with Crippen molar-refractivity contribution in [3.8, 4) is 0 Å². The van der Waals surface area contributed by atoms with Crippen molar-refractivity contribution in [3.05, 3.63) is 36.0 Å². The van der Waals surface area contributed by atoms with Gasteiger partial charge in [0.1, 0.15) is 0 Å². The standard InChI is InChI=1S/C17H22N2O2/c20-17(21)9-5-11-19-10-4-3-8-16(19)15-12-13-6-1-2-7-14(13)18-15/h1-2,6-7,12,16,18H,3-5,8-11H2,(H,20,21)/t16-/m0/s1. The van der Waals surface area contributed by atoms with Gasteiger partial charge in [-0.2, -0.15) is 0 Å². The lowest BCUT2D eigenvalue weighted by Crippen LogP contribution is -2.34. The molecule has 1 saturated heterocycles. The molecule has 0 saturated carbocycles. The molecule has 1 aromatic heterocycles. The van der Waals surface area contributed by atoms with E-state index < -0.39 is 5.97 Å². The molecule has 0 unspecified atom stereocenters. The number of hydrogen-bond acceptors (Lipinski definition) is 2. The van der Waals surface area contributed by atoms with Gasteiger partial charge < -0.3 is 10.1 Å². The Bertz CT molecular complexity index is 587. The van der Waals surface area contributed by atoms with Gasteiger partial charge in [0.05, 0.1) is 0 Å². The second kappa shape index (κ2) is 6.31. The first-order valence-electron chi connectivity index (χ1n) is 7.77. The fourth-order valence-electron chi connectivity index (χ4n) is 3.32. The summed E-state index contributed by atoms with van der Waals surface area (Å²) in [5.41, 5.74) is 2.45. The summed E-state index contributed by atoms with van der Waals surface area (Å²) < 4.78 is 0. The Morgan fingerprint density at radius 3 is 3.00 bits per heavy atom. The van der Waals surface area contributed by atoms with Gasteiger partial charge in [-0.15, -0.1) is 0 Å². The third-order valence-electron chi connectivity index (χ3n) is 4.36. The minimum Gasteiger partial charge on any atom is -0.481 e. The maximum Gasteiger partial charge on any atom is 0.303 e. The number of nitrogens with one attached hydrogen (secondary N) is 1.